The molecule has 2 aliphatic heterocycles. The van der Waals surface area contributed by atoms with Crippen LogP contribution in [0.15, 0.2) is 53.4 Å². The molecule has 7 heteroatoms. The summed E-state index contributed by atoms with van der Waals surface area (Å²) in [5, 5.41) is 0. The lowest BCUT2D eigenvalue weighted by Gasteiger charge is -2.40. The number of carbonyl (C=O) groups is 1. The van der Waals surface area contributed by atoms with Gasteiger partial charge in [-0.05, 0) is 94.9 Å². The van der Waals surface area contributed by atoms with Crippen LogP contribution in [-0.4, -0.2) is 79.9 Å². The van der Waals surface area contributed by atoms with E-state index in [9.17, 15) is 13.2 Å². The van der Waals surface area contributed by atoms with E-state index in [1.165, 1.54) is 12.8 Å². The van der Waals surface area contributed by atoms with Crippen LogP contribution < -0.4 is 0 Å². The third kappa shape index (κ3) is 5.04. The Labute approximate surface area is 211 Å². The van der Waals surface area contributed by atoms with Gasteiger partial charge in [0.2, 0.25) is 0 Å². The summed E-state index contributed by atoms with van der Waals surface area (Å²) in [4.78, 5) is 18.1. The summed E-state index contributed by atoms with van der Waals surface area (Å²) in [7, 11) is -0.0905. The van der Waals surface area contributed by atoms with E-state index in [0.717, 1.165) is 50.1 Å². The van der Waals surface area contributed by atoms with Crippen molar-refractivity contribution in [3.8, 4) is 11.1 Å². The van der Waals surface area contributed by atoms with E-state index >= 15 is 0 Å². The van der Waals surface area contributed by atoms with Crippen molar-refractivity contribution in [1.29, 1.82) is 0 Å². The highest BCUT2D eigenvalue weighted by atomic mass is 32.2. The molecule has 1 amide bonds. The van der Waals surface area contributed by atoms with Gasteiger partial charge in [0.1, 0.15) is 10.4 Å². The van der Waals surface area contributed by atoms with Crippen LogP contribution in [-0.2, 0) is 10.0 Å². The van der Waals surface area contributed by atoms with E-state index in [1.807, 2.05) is 57.2 Å². The molecule has 0 unspecified atom stereocenters. The van der Waals surface area contributed by atoms with E-state index in [2.05, 4.69) is 9.80 Å². The van der Waals surface area contributed by atoms with Gasteiger partial charge in [-0.1, -0.05) is 24.3 Å². The third-order valence-corrected chi connectivity index (χ3v) is 10.8. The van der Waals surface area contributed by atoms with Gasteiger partial charge in [-0.15, -0.1) is 0 Å². The summed E-state index contributed by atoms with van der Waals surface area (Å²) in [5.74, 6) is 0.113. The molecule has 2 aromatic rings. The van der Waals surface area contributed by atoms with Gasteiger partial charge in [0.05, 0.1) is 14.1 Å². The quantitative estimate of drug-likeness (QED) is 0.546. The maximum atomic E-state index is 13.3. The molecule has 0 saturated carbocycles. The zero-order valence-electron chi connectivity index (χ0n) is 21.8. The van der Waals surface area contributed by atoms with E-state index < -0.39 is 15.6 Å². The number of benzene rings is 2. The van der Waals surface area contributed by atoms with Crippen LogP contribution >= 0.6 is 0 Å². The first kappa shape index (κ1) is 25.9. The summed E-state index contributed by atoms with van der Waals surface area (Å²) in [6.07, 6.45) is 4.69. The SMILES string of the molecule is CC(C)(C)[N+](C)(C)S(=O)(=O)c1ccc(-c2ccc(C(=O)N3CCC[C@H]3CN3CCCC3)cc2)cc1. The number of nitrogens with zero attached hydrogens (tertiary/aromatic N) is 3. The van der Waals surface area contributed by atoms with Crippen molar-refractivity contribution in [3.63, 3.8) is 0 Å². The summed E-state index contributed by atoms with van der Waals surface area (Å²) >= 11 is 0. The van der Waals surface area contributed by atoms with Gasteiger partial charge < -0.3 is 9.80 Å². The first-order valence-electron chi connectivity index (χ1n) is 12.7. The number of rotatable bonds is 6. The molecular weight excluding hydrogens is 458 g/mol. The van der Waals surface area contributed by atoms with Gasteiger partial charge in [-0.3, -0.25) is 4.79 Å². The van der Waals surface area contributed by atoms with Gasteiger partial charge in [0, 0.05) is 24.7 Å². The smallest absolute Gasteiger partial charge is 0.327 e. The van der Waals surface area contributed by atoms with Crippen molar-refractivity contribution >= 4 is 15.9 Å². The molecule has 35 heavy (non-hydrogen) atoms. The van der Waals surface area contributed by atoms with Crippen molar-refractivity contribution in [3.05, 3.63) is 54.1 Å². The zero-order valence-corrected chi connectivity index (χ0v) is 22.6. The highest BCUT2D eigenvalue weighted by Gasteiger charge is 2.44. The zero-order chi connectivity index (χ0) is 25.4. The molecule has 0 bridgehead atoms. The van der Waals surface area contributed by atoms with Crippen LogP contribution in [0.3, 0.4) is 0 Å². The van der Waals surface area contributed by atoms with Crippen molar-refractivity contribution in [1.82, 2.24) is 9.80 Å². The minimum absolute atomic E-state index is 0.113. The van der Waals surface area contributed by atoms with Crippen LogP contribution in [0.5, 0.6) is 0 Å². The predicted molar refractivity (Wildman–Crippen MR) is 141 cm³/mol. The summed E-state index contributed by atoms with van der Waals surface area (Å²) in [6, 6.07) is 15.1. The number of hydrogen-bond donors (Lipinski definition) is 0. The van der Waals surface area contributed by atoms with E-state index in [4.69, 9.17) is 0 Å². The van der Waals surface area contributed by atoms with Gasteiger partial charge in [0.15, 0.2) is 0 Å². The molecule has 2 saturated heterocycles. The Morgan fingerprint density at radius 3 is 1.97 bits per heavy atom. The molecule has 2 aromatic carbocycles. The fourth-order valence-electron chi connectivity index (χ4n) is 4.97. The Morgan fingerprint density at radius 2 is 1.43 bits per heavy atom. The Balaban J connectivity index is 1.47. The van der Waals surface area contributed by atoms with Crippen LogP contribution in [0.2, 0.25) is 0 Å². The fraction of sp³-hybridized carbons (Fsp3) is 0.536. The molecule has 2 aliphatic rings. The number of carbonyl (C=O) groups excluding carboxylic acids is 1. The summed E-state index contributed by atoms with van der Waals surface area (Å²) < 4.78 is 26.4. The fourth-order valence-corrected chi connectivity index (χ4v) is 6.70. The molecule has 0 spiro atoms. The molecule has 4 rings (SSSR count). The predicted octanol–water partition coefficient (Wildman–Crippen LogP) is 4.62. The topological polar surface area (TPSA) is 57.7 Å². The van der Waals surface area contributed by atoms with Crippen molar-refractivity contribution < 1.29 is 17.1 Å². The van der Waals surface area contributed by atoms with Crippen molar-refractivity contribution in [2.75, 3.05) is 40.3 Å². The Morgan fingerprint density at radius 1 is 0.886 bits per heavy atom. The number of amides is 1. The maximum Gasteiger partial charge on any atom is 0.327 e. The lowest BCUT2D eigenvalue weighted by Crippen LogP contribution is -2.57. The first-order valence-corrected chi connectivity index (χ1v) is 14.2. The molecule has 2 heterocycles. The Bertz CT molecular complexity index is 1140. The average molecular weight is 499 g/mol. The minimum Gasteiger partial charge on any atom is -0.334 e. The van der Waals surface area contributed by atoms with Crippen LogP contribution in [0.25, 0.3) is 11.1 Å². The molecule has 0 aliphatic carbocycles. The number of sulfonamides is 1. The lowest BCUT2D eigenvalue weighted by atomic mass is 10.0. The molecule has 0 aromatic heterocycles. The monoisotopic (exact) mass is 498 g/mol. The van der Waals surface area contributed by atoms with Crippen LogP contribution in [0, 0.1) is 0 Å². The first-order chi connectivity index (χ1) is 16.4. The van der Waals surface area contributed by atoms with E-state index in [0.29, 0.717) is 16.5 Å². The van der Waals surface area contributed by atoms with Crippen LogP contribution in [0.1, 0.15) is 56.8 Å². The van der Waals surface area contributed by atoms with Crippen molar-refractivity contribution in [2.45, 2.75) is 62.9 Å². The second kappa shape index (κ2) is 9.68. The molecule has 0 radical (unpaired) electrons. The Hall–Kier alpha value is -2.22. The number of likely N-dealkylation sites (tertiary alicyclic amines) is 2. The standard InChI is InChI=1S/C28H40N3O3S/c1-28(2,3)31(4,5)35(33,34)26-16-14-23(15-17-26)22-10-12-24(13-11-22)27(32)30-20-8-9-25(30)21-29-18-6-7-19-29/h10-17,25H,6-9,18-21H2,1-5H3/q+1/t25-/m0/s1. The summed E-state index contributed by atoms with van der Waals surface area (Å²) in [5.41, 5.74) is 2.15. The third-order valence-electron chi connectivity index (χ3n) is 8.14. The number of hydrogen-bond acceptors (Lipinski definition) is 4. The minimum atomic E-state index is -3.55. The Kier molecular flexibility index (Phi) is 7.15. The van der Waals surface area contributed by atoms with Gasteiger partial charge >= 0.3 is 10.0 Å². The average Bonchev–Trinajstić information content (AvgIpc) is 3.50. The normalized spacial score (nSPS) is 19.9. The van der Waals surface area contributed by atoms with Crippen LogP contribution in [0.4, 0.5) is 0 Å². The molecular formula is C28H40N3O3S+. The molecule has 2 fully saturated rings. The molecule has 0 N–H and O–H groups in total. The van der Waals surface area contributed by atoms with Crippen molar-refractivity contribution in [2.24, 2.45) is 0 Å². The van der Waals surface area contributed by atoms with E-state index in [1.54, 1.807) is 26.2 Å². The number of quaternary nitrogens is 1. The summed E-state index contributed by atoms with van der Waals surface area (Å²) in [6.45, 7) is 9.91. The molecule has 6 nitrogen and oxygen atoms in total. The van der Waals surface area contributed by atoms with Gasteiger partial charge in [0.25, 0.3) is 5.91 Å². The highest BCUT2D eigenvalue weighted by Crippen LogP contribution is 2.31. The molecule has 190 valence electrons. The largest absolute Gasteiger partial charge is 0.334 e. The lowest BCUT2D eigenvalue weighted by molar-refractivity contribution is -0.815. The second-order valence-electron chi connectivity index (χ2n) is 11.4. The van der Waals surface area contributed by atoms with Gasteiger partial charge in [-0.2, -0.15) is 8.42 Å². The maximum absolute atomic E-state index is 13.3. The molecule has 1 atom stereocenters. The van der Waals surface area contributed by atoms with E-state index in [-0.39, 0.29) is 9.80 Å². The highest BCUT2D eigenvalue weighted by molar-refractivity contribution is 7.86. The second-order valence-corrected chi connectivity index (χ2v) is 13.7. The van der Waals surface area contributed by atoms with Gasteiger partial charge in [-0.25, -0.2) is 3.89 Å².